The summed E-state index contributed by atoms with van der Waals surface area (Å²) >= 11 is 0. The number of morpholine rings is 1. The molecule has 134 valence electrons. The Kier molecular flexibility index (Phi) is 4.90. The molecule has 0 spiro atoms. The molecule has 1 aliphatic heterocycles. The number of nitrogens with one attached hydrogen (secondary N) is 1. The maximum Gasteiger partial charge on any atom is 0.130 e. The smallest absolute Gasteiger partial charge is 0.130 e. The fourth-order valence-electron chi connectivity index (χ4n) is 3.06. The zero-order chi connectivity index (χ0) is 17.8. The normalized spacial score (nSPS) is 18.0. The molecule has 1 aliphatic rings. The molecule has 3 aromatic heterocycles. The van der Waals surface area contributed by atoms with Crippen LogP contribution in [0.4, 0.5) is 11.5 Å². The van der Waals surface area contributed by atoms with Gasteiger partial charge >= 0.3 is 0 Å². The Labute approximate surface area is 152 Å². The first-order valence-electron chi connectivity index (χ1n) is 8.73. The Morgan fingerprint density at radius 2 is 2.12 bits per heavy atom. The number of pyridine rings is 2. The lowest BCUT2D eigenvalue weighted by Crippen LogP contribution is -2.38. The predicted octanol–water partition coefficient (Wildman–Crippen LogP) is 2.53. The maximum atomic E-state index is 5.94. The van der Waals surface area contributed by atoms with Gasteiger partial charge in [-0.3, -0.25) is 14.6 Å². The number of aryl methyl sites for hydroxylation is 1. The molecule has 0 saturated carbocycles. The van der Waals surface area contributed by atoms with Crippen LogP contribution >= 0.6 is 0 Å². The van der Waals surface area contributed by atoms with Gasteiger partial charge in [0.05, 0.1) is 29.9 Å². The monoisotopic (exact) mass is 350 g/mol. The van der Waals surface area contributed by atoms with E-state index < -0.39 is 0 Å². The Bertz CT molecular complexity index is 833. The van der Waals surface area contributed by atoms with E-state index >= 15 is 0 Å². The van der Waals surface area contributed by atoms with Crippen LogP contribution in [0, 0.1) is 0 Å². The Hall–Kier alpha value is -2.77. The van der Waals surface area contributed by atoms with Gasteiger partial charge in [0.1, 0.15) is 11.9 Å². The minimum absolute atomic E-state index is 0.0131. The summed E-state index contributed by atoms with van der Waals surface area (Å²) in [5, 5.41) is 7.48. The predicted molar refractivity (Wildman–Crippen MR) is 98.9 cm³/mol. The lowest BCUT2D eigenvalue weighted by atomic mass is 10.1. The summed E-state index contributed by atoms with van der Waals surface area (Å²) in [6.45, 7) is 3.32. The van der Waals surface area contributed by atoms with Gasteiger partial charge in [0.15, 0.2) is 0 Å². The van der Waals surface area contributed by atoms with Crippen molar-refractivity contribution in [3.05, 3.63) is 66.4 Å². The van der Waals surface area contributed by atoms with Gasteiger partial charge < -0.3 is 10.1 Å². The van der Waals surface area contributed by atoms with E-state index in [0.717, 1.165) is 36.8 Å². The summed E-state index contributed by atoms with van der Waals surface area (Å²) in [5.41, 5.74) is 3.06. The number of hydrogen-bond donors (Lipinski definition) is 1. The molecule has 4 heterocycles. The third-order valence-corrected chi connectivity index (χ3v) is 4.51. The molecule has 3 aromatic rings. The van der Waals surface area contributed by atoms with Crippen LogP contribution in [0.25, 0.3) is 0 Å². The number of aromatic nitrogens is 4. The average Bonchev–Trinajstić information content (AvgIpc) is 3.08. The standard InChI is InChI=1S/C19H22N6O/c1-24-16(7-9-22-24)13-25-10-11-26-18(14-25)17-6-5-15(12-21-17)23-19-4-2-3-8-20-19/h2-9,12,18H,10-11,13-14H2,1H3,(H,20,23). The van der Waals surface area contributed by atoms with Crippen molar-refractivity contribution in [2.75, 3.05) is 25.0 Å². The highest BCUT2D eigenvalue weighted by Crippen LogP contribution is 2.23. The molecule has 0 aliphatic carbocycles. The zero-order valence-corrected chi connectivity index (χ0v) is 14.7. The van der Waals surface area contributed by atoms with Gasteiger partial charge in [-0.05, 0) is 30.3 Å². The molecule has 1 saturated heterocycles. The number of rotatable bonds is 5. The van der Waals surface area contributed by atoms with Gasteiger partial charge in [0.2, 0.25) is 0 Å². The van der Waals surface area contributed by atoms with Crippen molar-refractivity contribution in [2.45, 2.75) is 12.6 Å². The van der Waals surface area contributed by atoms with Crippen molar-refractivity contribution >= 4 is 11.5 Å². The molecule has 0 bridgehead atoms. The molecule has 1 atom stereocenters. The van der Waals surface area contributed by atoms with Crippen LogP contribution < -0.4 is 5.32 Å². The van der Waals surface area contributed by atoms with E-state index in [1.54, 1.807) is 6.20 Å². The summed E-state index contributed by atoms with van der Waals surface area (Å²) in [6.07, 6.45) is 5.41. The van der Waals surface area contributed by atoms with Crippen molar-refractivity contribution < 1.29 is 4.74 Å². The van der Waals surface area contributed by atoms with E-state index in [0.29, 0.717) is 6.61 Å². The third kappa shape index (κ3) is 3.89. The van der Waals surface area contributed by atoms with E-state index in [-0.39, 0.29) is 6.10 Å². The lowest BCUT2D eigenvalue weighted by molar-refractivity contribution is -0.0356. The second-order valence-corrected chi connectivity index (χ2v) is 6.35. The minimum atomic E-state index is -0.0131. The fourth-order valence-corrected chi connectivity index (χ4v) is 3.06. The molecular formula is C19H22N6O. The van der Waals surface area contributed by atoms with Crippen LogP contribution in [0.5, 0.6) is 0 Å². The van der Waals surface area contributed by atoms with Crippen LogP contribution in [0.1, 0.15) is 17.5 Å². The number of nitrogens with zero attached hydrogens (tertiary/aromatic N) is 5. The average molecular weight is 350 g/mol. The van der Waals surface area contributed by atoms with Crippen LogP contribution in [0.15, 0.2) is 55.0 Å². The Morgan fingerprint density at radius 3 is 2.85 bits per heavy atom. The molecule has 7 nitrogen and oxygen atoms in total. The summed E-state index contributed by atoms with van der Waals surface area (Å²) in [5.74, 6) is 0.804. The first-order valence-corrected chi connectivity index (χ1v) is 8.73. The minimum Gasteiger partial charge on any atom is -0.369 e. The topological polar surface area (TPSA) is 68.1 Å². The molecule has 4 rings (SSSR count). The largest absolute Gasteiger partial charge is 0.369 e. The molecule has 0 aromatic carbocycles. The maximum absolute atomic E-state index is 5.94. The Morgan fingerprint density at radius 1 is 1.15 bits per heavy atom. The first-order chi connectivity index (χ1) is 12.8. The quantitative estimate of drug-likeness (QED) is 0.763. The molecule has 1 N–H and O–H groups in total. The van der Waals surface area contributed by atoms with Crippen LogP contribution in [-0.2, 0) is 18.3 Å². The summed E-state index contributed by atoms with van der Waals surface area (Å²) < 4.78 is 7.86. The lowest BCUT2D eigenvalue weighted by Gasteiger charge is -2.32. The van der Waals surface area contributed by atoms with Gasteiger partial charge in [0.25, 0.3) is 0 Å². The Balaban J connectivity index is 1.39. The SMILES string of the molecule is Cn1nccc1CN1CCOC(c2ccc(Nc3ccccn3)cn2)C1. The van der Waals surface area contributed by atoms with E-state index in [4.69, 9.17) is 4.74 Å². The summed E-state index contributed by atoms with van der Waals surface area (Å²) in [4.78, 5) is 11.2. The van der Waals surface area contributed by atoms with Gasteiger partial charge in [0, 0.05) is 39.1 Å². The molecule has 0 radical (unpaired) electrons. The summed E-state index contributed by atoms with van der Waals surface area (Å²) in [7, 11) is 1.97. The number of ether oxygens (including phenoxy) is 1. The van der Waals surface area contributed by atoms with Crippen molar-refractivity contribution in [1.82, 2.24) is 24.6 Å². The van der Waals surface area contributed by atoms with Crippen LogP contribution in [0.3, 0.4) is 0 Å². The highest BCUT2D eigenvalue weighted by Gasteiger charge is 2.23. The molecule has 26 heavy (non-hydrogen) atoms. The van der Waals surface area contributed by atoms with Gasteiger partial charge in [-0.15, -0.1) is 0 Å². The van der Waals surface area contributed by atoms with Crippen molar-refractivity contribution in [3.8, 4) is 0 Å². The number of anilines is 2. The third-order valence-electron chi connectivity index (χ3n) is 4.51. The van der Waals surface area contributed by atoms with Crippen molar-refractivity contribution in [3.63, 3.8) is 0 Å². The van der Waals surface area contributed by atoms with Gasteiger partial charge in [-0.2, -0.15) is 5.10 Å². The molecule has 1 unspecified atom stereocenters. The fraction of sp³-hybridized carbons (Fsp3) is 0.316. The van der Waals surface area contributed by atoms with Crippen LogP contribution in [0.2, 0.25) is 0 Å². The highest BCUT2D eigenvalue weighted by molar-refractivity contribution is 5.54. The molecular weight excluding hydrogens is 328 g/mol. The summed E-state index contributed by atoms with van der Waals surface area (Å²) in [6, 6.07) is 11.9. The first kappa shape index (κ1) is 16.7. The molecule has 1 fully saturated rings. The van der Waals surface area contributed by atoms with Gasteiger partial charge in [-0.1, -0.05) is 6.07 Å². The zero-order valence-electron chi connectivity index (χ0n) is 14.7. The van der Waals surface area contributed by atoms with E-state index in [1.165, 1.54) is 5.69 Å². The number of hydrogen-bond acceptors (Lipinski definition) is 6. The molecule has 7 heteroatoms. The highest BCUT2D eigenvalue weighted by atomic mass is 16.5. The van der Waals surface area contributed by atoms with E-state index in [9.17, 15) is 0 Å². The van der Waals surface area contributed by atoms with Crippen LogP contribution in [-0.4, -0.2) is 44.3 Å². The van der Waals surface area contributed by atoms with Crippen molar-refractivity contribution in [2.24, 2.45) is 7.05 Å². The van der Waals surface area contributed by atoms with E-state index in [1.807, 2.05) is 54.5 Å². The second-order valence-electron chi connectivity index (χ2n) is 6.35. The second kappa shape index (κ2) is 7.63. The van der Waals surface area contributed by atoms with Gasteiger partial charge in [-0.25, -0.2) is 4.98 Å². The van der Waals surface area contributed by atoms with Crippen molar-refractivity contribution in [1.29, 1.82) is 0 Å². The van der Waals surface area contributed by atoms with E-state index in [2.05, 4.69) is 31.3 Å². The molecule has 0 amide bonds.